The Bertz CT molecular complexity index is 669. The average Bonchev–Trinajstić information content (AvgIpc) is 3.19. The standard InChI is InChI=1S/C24H39N5O/c1-3-22(29-16-8-11-23(29)30)12-15-26-24(25-4-2)27-21-13-17-28(18-14-21)19-20-9-6-5-7-10-20/h5-7,9-10,21-22H,3-4,8,11-19H2,1-2H3,(H2,25,26,27). The zero-order valence-electron chi connectivity index (χ0n) is 18.8. The van der Waals surface area contributed by atoms with E-state index in [1.165, 1.54) is 5.56 Å². The molecule has 3 rings (SSSR count). The third kappa shape index (κ3) is 6.73. The second-order valence-corrected chi connectivity index (χ2v) is 8.48. The molecule has 166 valence electrons. The van der Waals surface area contributed by atoms with Gasteiger partial charge in [0.2, 0.25) is 5.91 Å². The van der Waals surface area contributed by atoms with Crippen LogP contribution in [0.4, 0.5) is 0 Å². The number of likely N-dealkylation sites (tertiary alicyclic amines) is 2. The molecule has 1 amide bonds. The molecule has 6 nitrogen and oxygen atoms in total. The summed E-state index contributed by atoms with van der Waals surface area (Å²) < 4.78 is 0. The van der Waals surface area contributed by atoms with Crippen LogP contribution < -0.4 is 10.6 Å². The van der Waals surface area contributed by atoms with E-state index in [-0.39, 0.29) is 0 Å². The first-order valence-corrected chi connectivity index (χ1v) is 11.8. The maximum atomic E-state index is 12.0. The molecule has 1 aromatic carbocycles. The first-order chi connectivity index (χ1) is 14.7. The number of hydrogen-bond donors (Lipinski definition) is 2. The Kier molecular flexibility index (Phi) is 9.00. The van der Waals surface area contributed by atoms with E-state index in [0.29, 0.717) is 24.4 Å². The van der Waals surface area contributed by atoms with Gasteiger partial charge in [0.05, 0.1) is 0 Å². The molecule has 0 spiro atoms. The van der Waals surface area contributed by atoms with Gasteiger partial charge >= 0.3 is 0 Å². The number of aliphatic imine (C=N–C) groups is 1. The molecule has 0 aromatic heterocycles. The number of piperidine rings is 1. The number of carbonyl (C=O) groups is 1. The molecular weight excluding hydrogens is 374 g/mol. The molecule has 0 bridgehead atoms. The van der Waals surface area contributed by atoms with Gasteiger partial charge in [-0.15, -0.1) is 0 Å². The summed E-state index contributed by atoms with van der Waals surface area (Å²) in [5.74, 6) is 1.24. The second kappa shape index (κ2) is 11.9. The van der Waals surface area contributed by atoms with Gasteiger partial charge in [0, 0.05) is 57.8 Å². The molecule has 2 aliphatic heterocycles. The van der Waals surface area contributed by atoms with Crippen molar-refractivity contribution >= 4 is 11.9 Å². The Labute approximate surface area is 182 Å². The lowest BCUT2D eigenvalue weighted by atomic mass is 10.0. The number of guanidine groups is 1. The van der Waals surface area contributed by atoms with E-state index in [1.54, 1.807) is 0 Å². The number of amides is 1. The van der Waals surface area contributed by atoms with Gasteiger partial charge in [-0.1, -0.05) is 37.3 Å². The third-order valence-corrected chi connectivity index (χ3v) is 6.28. The molecule has 2 aliphatic rings. The van der Waals surface area contributed by atoms with E-state index in [4.69, 9.17) is 4.99 Å². The maximum absolute atomic E-state index is 12.0. The molecule has 2 heterocycles. The van der Waals surface area contributed by atoms with Crippen LogP contribution in [0.3, 0.4) is 0 Å². The van der Waals surface area contributed by atoms with Crippen molar-refractivity contribution in [2.45, 2.75) is 71.0 Å². The summed E-state index contributed by atoms with van der Waals surface area (Å²) in [7, 11) is 0. The maximum Gasteiger partial charge on any atom is 0.222 e. The smallest absolute Gasteiger partial charge is 0.222 e. The van der Waals surface area contributed by atoms with Crippen LogP contribution in [0.15, 0.2) is 35.3 Å². The van der Waals surface area contributed by atoms with Crippen molar-refractivity contribution < 1.29 is 4.79 Å². The average molecular weight is 414 g/mol. The SMILES string of the molecule is CCNC(=NCCC(CC)N1CCCC1=O)NC1CCN(Cc2ccccc2)CC1. The highest BCUT2D eigenvalue weighted by atomic mass is 16.2. The van der Waals surface area contributed by atoms with E-state index >= 15 is 0 Å². The highest BCUT2D eigenvalue weighted by Gasteiger charge is 2.26. The Morgan fingerprint density at radius 3 is 2.57 bits per heavy atom. The van der Waals surface area contributed by atoms with Gasteiger partial charge in [0.1, 0.15) is 0 Å². The molecule has 1 aromatic rings. The first kappa shape index (κ1) is 22.6. The van der Waals surface area contributed by atoms with Crippen molar-refractivity contribution in [2.24, 2.45) is 4.99 Å². The predicted octanol–water partition coefficient (Wildman–Crippen LogP) is 3.00. The van der Waals surface area contributed by atoms with Crippen LogP contribution >= 0.6 is 0 Å². The van der Waals surface area contributed by atoms with E-state index in [2.05, 4.69) is 64.6 Å². The van der Waals surface area contributed by atoms with Crippen LogP contribution in [-0.2, 0) is 11.3 Å². The summed E-state index contributed by atoms with van der Waals surface area (Å²) in [5, 5.41) is 7.04. The number of hydrogen-bond acceptors (Lipinski definition) is 3. The number of nitrogens with zero attached hydrogens (tertiary/aromatic N) is 3. The van der Waals surface area contributed by atoms with Crippen molar-refractivity contribution in [3.8, 4) is 0 Å². The number of nitrogens with one attached hydrogen (secondary N) is 2. The highest BCUT2D eigenvalue weighted by Crippen LogP contribution is 2.18. The van der Waals surface area contributed by atoms with Crippen LogP contribution in [-0.4, -0.2) is 66.5 Å². The summed E-state index contributed by atoms with van der Waals surface area (Å²) in [6.07, 6.45) is 5.94. The third-order valence-electron chi connectivity index (χ3n) is 6.28. The molecular formula is C24H39N5O. The minimum Gasteiger partial charge on any atom is -0.357 e. The fourth-order valence-corrected chi connectivity index (χ4v) is 4.55. The lowest BCUT2D eigenvalue weighted by Gasteiger charge is -2.33. The number of benzene rings is 1. The molecule has 30 heavy (non-hydrogen) atoms. The van der Waals surface area contributed by atoms with Gasteiger partial charge in [-0.25, -0.2) is 0 Å². The normalized spacial score (nSPS) is 19.9. The van der Waals surface area contributed by atoms with Gasteiger partial charge in [-0.05, 0) is 44.6 Å². The molecule has 1 atom stereocenters. The van der Waals surface area contributed by atoms with Crippen molar-refractivity contribution in [1.82, 2.24) is 20.4 Å². The number of rotatable bonds is 9. The van der Waals surface area contributed by atoms with Crippen LogP contribution in [0.5, 0.6) is 0 Å². The molecule has 0 saturated carbocycles. The fourth-order valence-electron chi connectivity index (χ4n) is 4.55. The van der Waals surface area contributed by atoms with Crippen molar-refractivity contribution in [3.63, 3.8) is 0 Å². The fraction of sp³-hybridized carbons (Fsp3) is 0.667. The Balaban J connectivity index is 1.44. The van der Waals surface area contributed by atoms with E-state index in [1.807, 2.05) is 0 Å². The Hall–Kier alpha value is -2.08. The van der Waals surface area contributed by atoms with E-state index < -0.39 is 0 Å². The minimum atomic E-state index is 0.318. The van der Waals surface area contributed by atoms with Crippen molar-refractivity contribution in [1.29, 1.82) is 0 Å². The molecule has 2 N–H and O–H groups in total. The summed E-state index contributed by atoms with van der Waals surface area (Å²) >= 11 is 0. The minimum absolute atomic E-state index is 0.318. The largest absolute Gasteiger partial charge is 0.357 e. The molecule has 2 fully saturated rings. The van der Waals surface area contributed by atoms with Gasteiger partial charge in [0.15, 0.2) is 5.96 Å². The van der Waals surface area contributed by atoms with Crippen molar-refractivity contribution in [2.75, 3.05) is 32.7 Å². The van der Waals surface area contributed by atoms with Crippen LogP contribution in [0.2, 0.25) is 0 Å². The Morgan fingerprint density at radius 1 is 1.17 bits per heavy atom. The number of carbonyl (C=O) groups excluding carboxylic acids is 1. The monoisotopic (exact) mass is 413 g/mol. The summed E-state index contributed by atoms with van der Waals surface area (Å²) in [5.41, 5.74) is 1.39. The van der Waals surface area contributed by atoms with Crippen LogP contribution in [0.1, 0.15) is 57.9 Å². The van der Waals surface area contributed by atoms with Gasteiger partial charge in [-0.3, -0.25) is 14.7 Å². The molecule has 6 heteroatoms. The quantitative estimate of drug-likeness (QED) is 0.483. The summed E-state index contributed by atoms with van der Waals surface area (Å²) in [4.78, 5) is 21.5. The zero-order valence-corrected chi connectivity index (χ0v) is 18.8. The highest BCUT2D eigenvalue weighted by molar-refractivity contribution is 5.80. The van der Waals surface area contributed by atoms with Gasteiger partial charge in [0.25, 0.3) is 0 Å². The van der Waals surface area contributed by atoms with E-state index in [9.17, 15) is 4.79 Å². The van der Waals surface area contributed by atoms with Crippen LogP contribution in [0.25, 0.3) is 0 Å². The molecule has 0 radical (unpaired) electrons. The van der Waals surface area contributed by atoms with Gasteiger partial charge in [-0.2, -0.15) is 0 Å². The zero-order chi connectivity index (χ0) is 21.2. The summed E-state index contributed by atoms with van der Waals surface area (Å²) in [6.45, 7) is 10.1. The van der Waals surface area contributed by atoms with E-state index in [0.717, 1.165) is 77.3 Å². The topological polar surface area (TPSA) is 60.0 Å². The first-order valence-electron chi connectivity index (χ1n) is 11.8. The molecule has 0 aliphatic carbocycles. The lowest BCUT2D eigenvalue weighted by Crippen LogP contribution is -2.48. The summed E-state index contributed by atoms with van der Waals surface area (Å²) in [6, 6.07) is 11.5. The molecule has 1 unspecified atom stereocenters. The lowest BCUT2D eigenvalue weighted by molar-refractivity contribution is -0.129. The molecule has 2 saturated heterocycles. The second-order valence-electron chi connectivity index (χ2n) is 8.48. The Morgan fingerprint density at radius 2 is 1.93 bits per heavy atom. The van der Waals surface area contributed by atoms with Crippen LogP contribution in [0, 0.1) is 0 Å². The van der Waals surface area contributed by atoms with Gasteiger partial charge < -0.3 is 15.5 Å². The van der Waals surface area contributed by atoms with Crippen molar-refractivity contribution in [3.05, 3.63) is 35.9 Å². The predicted molar refractivity (Wildman–Crippen MR) is 123 cm³/mol.